The third-order valence-electron chi connectivity index (χ3n) is 0.528. The van der Waals surface area contributed by atoms with Crippen molar-refractivity contribution in [1.82, 2.24) is 0 Å². The van der Waals surface area contributed by atoms with E-state index in [1.165, 1.54) is 18.3 Å². The van der Waals surface area contributed by atoms with Gasteiger partial charge in [0.1, 0.15) is 6.61 Å². The molecular weight excluding hydrogens is 110 g/mol. The van der Waals surface area contributed by atoms with Gasteiger partial charge in [-0.25, -0.2) is 0 Å². The van der Waals surface area contributed by atoms with Gasteiger partial charge in [-0.05, 0) is 11.5 Å². The molecule has 1 aliphatic rings. The highest BCUT2D eigenvalue weighted by Crippen LogP contribution is 2.03. The lowest BCUT2D eigenvalue weighted by molar-refractivity contribution is 0.370. The minimum absolute atomic E-state index is 0.649. The molecule has 0 amide bonds. The van der Waals surface area contributed by atoms with Gasteiger partial charge in [-0.1, -0.05) is 0 Å². The molecular formula is C4H5NOS. The standard InChI is InChI=1S/C4H5NOS/c1-2-6-4-5-7-3-1/h1,3-4H,2H2. The van der Waals surface area contributed by atoms with Gasteiger partial charge in [-0.3, -0.25) is 0 Å². The Hall–Kier alpha value is -0.440. The molecule has 0 aliphatic carbocycles. The molecule has 0 fully saturated rings. The number of hydrogen-bond acceptors (Lipinski definition) is 3. The summed E-state index contributed by atoms with van der Waals surface area (Å²) in [4.78, 5) is 0. The Balaban J connectivity index is 2.38. The van der Waals surface area contributed by atoms with Crippen molar-refractivity contribution in [3.63, 3.8) is 0 Å². The monoisotopic (exact) mass is 115 g/mol. The second kappa shape index (κ2) is 2.69. The van der Waals surface area contributed by atoms with E-state index in [2.05, 4.69) is 4.40 Å². The van der Waals surface area contributed by atoms with Crippen molar-refractivity contribution in [3.05, 3.63) is 11.5 Å². The van der Waals surface area contributed by atoms with Crippen LogP contribution in [-0.4, -0.2) is 13.0 Å². The van der Waals surface area contributed by atoms with E-state index in [1.54, 1.807) is 0 Å². The van der Waals surface area contributed by atoms with E-state index in [1.807, 2.05) is 11.5 Å². The fourth-order valence-corrected chi connectivity index (χ4v) is 0.617. The van der Waals surface area contributed by atoms with Crippen molar-refractivity contribution in [2.24, 2.45) is 4.40 Å². The zero-order chi connectivity index (χ0) is 4.95. The summed E-state index contributed by atoms with van der Waals surface area (Å²) in [5.74, 6) is 0. The Kier molecular flexibility index (Phi) is 1.81. The molecule has 1 rings (SSSR count). The fraction of sp³-hybridized carbons (Fsp3) is 0.250. The number of ether oxygens (including phenoxy) is 1. The lowest BCUT2D eigenvalue weighted by Crippen LogP contribution is -1.82. The first-order chi connectivity index (χ1) is 3.50. The zero-order valence-electron chi connectivity index (χ0n) is 3.70. The Labute approximate surface area is 46.4 Å². The second-order valence-electron chi connectivity index (χ2n) is 1.02. The summed E-state index contributed by atoms with van der Waals surface area (Å²) >= 11 is 1.38. The van der Waals surface area contributed by atoms with Crippen molar-refractivity contribution in [3.8, 4) is 0 Å². The maximum atomic E-state index is 4.80. The first-order valence-electron chi connectivity index (χ1n) is 1.94. The van der Waals surface area contributed by atoms with Crippen molar-refractivity contribution < 1.29 is 4.74 Å². The third kappa shape index (κ3) is 1.64. The van der Waals surface area contributed by atoms with Crippen LogP contribution in [0.15, 0.2) is 15.9 Å². The van der Waals surface area contributed by atoms with Crippen LogP contribution in [0.2, 0.25) is 0 Å². The Morgan fingerprint density at radius 3 is 3.71 bits per heavy atom. The van der Waals surface area contributed by atoms with Gasteiger partial charge >= 0.3 is 0 Å². The predicted molar refractivity (Wildman–Crippen MR) is 31.2 cm³/mol. The molecule has 0 atom stereocenters. The van der Waals surface area contributed by atoms with E-state index in [9.17, 15) is 0 Å². The van der Waals surface area contributed by atoms with Crippen LogP contribution in [0.1, 0.15) is 0 Å². The van der Waals surface area contributed by atoms with Crippen molar-refractivity contribution in [1.29, 1.82) is 0 Å². The highest BCUT2D eigenvalue weighted by molar-refractivity contribution is 8.01. The topological polar surface area (TPSA) is 21.6 Å². The highest BCUT2D eigenvalue weighted by Gasteiger charge is 1.79. The molecule has 0 radical (unpaired) electrons. The molecule has 0 spiro atoms. The van der Waals surface area contributed by atoms with Crippen molar-refractivity contribution in [2.75, 3.05) is 6.61 Å². The van der Waals surface area contributed by atoms with Crippen LogP contribution in [0.4, 0.5) is 0 Å². The van der Waals surface area contributed by atoms with Gasteiger partial charge in [0.2, 0.25) is 0 Å². The fourth-order valence-electron chi connectivity index (χ4n) is 0.271. The quantitative estimate of drug-likeness (QED) is 0.442. The third-order valence-corrected chi connectivity index (χ3v) is 1.05. The lowest BCUT2D eigenvalue weighted by atomic mass is 10.7. The summed E-state index contributed by atoms with van der Waals surface area (Å²) in [6.07, 6.45) is 3.36. The van der Waals surface area contributed by atoms with Crippen LogP contribution in [0.5, 0.6) is 0 Å². The normalized spacial score (nSPS) is 18.3. The van der Waals surface area contributed by atoms with Gasteiger partial charge in [0.25, 0.3) is 0 Å². The van der Waals surface area contributed by atoms with E-state index in [4.69, 9.17) is 4.74 Å². The molecule has 38 valence electrons. The molecule has 2 nitrogen and oxygen atoms in total. The summed E-state index contributed by atoms with van der Waals surface area (Å²) in [5.41, 5.74) is 0. The summed E-state index contributed by atoms with van der Waals surface area (Å²) in [7, 11) is 0. The van der Waals surface area contributed by atoms with Crippen LogP contribution >= 0.6 is 11.9 Å². The van der Waals surface area contributed by atoms with Gasteiger partial charge in [-0.15, -0.1) is 0 Å². The number of rotatable bonds is 0. The SMILES string of the molecule is C1=CSN=COC1. The Morgan fingerprint density at radius 2 is 2.71 bits per heavy atom. The zero-order valence-corrected chi connectivity index (χ0v) is 4.52. The van der Waals surface area contributed by atoms with Crippen LogP contribution in [-0.2, 0) is 4.74 Å². The van der Waals surface area contributed by atoms with Gasteiger partial charge in [-0.2, -0.15) is 4.40 Å². The molecule has 0 unspecified atom stereocenters. The van der Waals surface area contributed by atoms with E-state index < -0.39 is 0 Å². The average molecular weight is 115 g/mol. The molecule has 0 N–H and O–H groups in total. The van der Waals surface area contributed by atoms with E-state index in [0.29, 0.717) is 6.61 Å². The Bertz CT molecular complexity index is 87.9. The highest BCUT2D eigenvalue weighted by atomic mass is 32.2. The largest absolute Gasteiger partial charge is 0.478 e. The van der Waals surface area contributed by atoms with Crippen LogP contribution in [0.3, 0.4) is 0 Å². The summed E-state index contributed by atoms with van der Waals surface area (Å²) in [6, 6.07) is 0. The van der Waals surface area contributed by atoms with E-state index in [0.717, 1.165) is 0 Å². The molecule has 1 heterocycles. The number of nitrogens with zero attached hydrogens (tertiary/aromatic N) is 1. The molecule has 0 aromatic rings. The minimum atomic E-state index is 0.649. The van der Waals surface area contributed by atoms with Crippen LogP contribution in [0.25, 0.3) is 0 Å². The van der Waals surface area contributed by atoms with Gasteiger partial charge in [0, 0.05) is 11.9 Å². The maximum absolute atomic E-state index is 4.80. The van der Waals surface area contributed by atoms with E-state index >= 15 is 0 Å². The summed E-state index contributed by atoms with van der Waals surface area (Å²) in [5, 5.41) is 1.89. The maximum Gasteiger partial charge on any atom is 0.181 e. The minimum Gasteiger partial charge on any atom is -0.478 e. The average Bonchev–Trinajstić information content (AvgIpc) is 1.90. The van der Waals surface area contributed by atoms with Crippen LogP contribution in [0, 0.1) is 0 Å². The second-order valence-corrected chi connectivity index (χ2v) is 1.72. The molecule has 0 saturated carbocycles. The summed E-state index contributed by atoms with van der Waals surface area (Å²) in [6.45, 7) is 0.649. The van der Waals surface area contributed by atoms with E-state index in [-0.39, 0.29) is 0 Å². The molecule has 7 heavy (non-hydrogen) atoms. The molecule has 0 aromatic heterocycles. The molecule has 0 aromatic carbocycles. The van der Waals surface area contributed by atoms with Gasteiger partial charge in [0.15, 0.2) is 6.40 Å². The molecule has 1 aliphatic heterocycles. The first kappa shape index (κ1) is 4.71. The molecule has 3 heteroatoms. The molecule has 0 saturated heterocycles. The van der Waals surface area contributed by atoms with Crippen molar-refractivity contribution >= 4 is 18.3 Å². The van der Waals surface area contributed by atoms with Gasteiger partial charge < -0.3 is 4.74 Å². The molecule has 0 bridgehead atoms. The Morgan fingerprint density at radius 1 is 1.71 bits per heavy atom. The number of hydrogen-bond donors (Lipinski definition) is 0. The first-order valence-corrected chi connectivity index (χ1v) is 2.78. The lowest BCUT2D eigenvalue weighted by Gasteiger charge is -1.84. The van der Waals surface area contributed by atoms with Crippen molar-refractivity contribution in [2.45, 2.75) is 0 Å². The predicted octanol–water partition coefficient (Wildman–Crippen LogP) is 1.21. The summed E-state index contributed by atoms with van der Waals surface area (Å²) < 4.78 is 8.55. The smallest absolute Gasteiger partial charge is 0.181 e. The van der Waals surface area contributed by atoms with Crippen LogP contribution < -0.4 is 0 Å². The van der Waals surface area contributed by atoms with Gasteiger partial charge in [0.05, 0.1) is 0 Å².